The number of nitrogens with zero attached hydrogens (tertiary/aromatic N) is 4. The number of amides is 3. The molecule has 2 unspecified atom stereocenters. The van der Waals surface area contributed by atoms with Crippen molar-refractivity contribution in [2.24, 2.45) is 4.99 Å². The molecule has 2 aliphatic heterocycles. The molecule has 2 N–H and O–H groups in total. The third kappa shape index (κ3) is 4.13. The molecular weight excluding hydrogens is 390 g/mol. The minimum absolute atomic E-state index is 0.0123. The molecule has 0 aliphatic carbocycles. The Labute approximate surface area is 174 Å². The number of rotatable bonds is 8. The van der Waals surface area contributed by atoms with Gasteiger partial charge in [0.2, 0.25) is 11.9 Å². The van der Waals surface area contributed by atoms with E-state index in [1.807, 2.05) is 0 Å². The number of hydrogen-bond donors (Lipinski definition) is 2. The number of ether oxygens (including phenoxy) is 2. The normalized spacial score (nSPS) is 19.5. The molecule has 0 bridgehead atoms. The van der Waals surface area contributed by atoms with Crippen molar-refractivity contribution < 1.29 is 28.7 Å². The van der Waals surface area contributed by atoms with E-state index in [0.29, 0.717) is 29.8 Å². The van der Waals surface area contributed by atoms with E-state index in [-0.39, 0.29) is 13.2 Å². The molecule has 0 radical (unpaired) electrons. The zero-order chi connectivity index (χ0) is 21.8. The number of β-amino-alcohol motifs (C(OH)–C–C–N with tert-alkyl or cyclic N) is 1. The zero-order valence-electron chi connectivity index (χ0n) is 17.2. The monoisotopic (exact) mass is 416 g/mol. The highest BCUT2D eigenvalue weighted by molar-refractivity contribution is 6.22. The second kappa shape index (κ2) is 8.95. The lowest BCUT2D eigenvalue weighted by Crippen LogP contribution is -2.62. The summed E-state index contributed by atoms with van der Waals surface area (Å²) in [4.78, 5) is 31.8. The second-order valence-corrected chi connectivity index (χ2v) is 6.90. The number of aliphatic hydroxyl groups excluding tert-OH is 1. The molecule has 0 spiro atoms. The molecule has 1 aromatic rings. The van der Waals surface area contributed by atoms with Gasteiger partial charge in [0.25, 0.3) is 5.91 Å². The van der Waals surface area contributed by atoms with Crippen molar-refractivity contribution in [3.8, 4) is 11.5 Å². The number of carbonyl (C=O) groups excluding carboxylic acids is 2. The van der Waals surface area contributed by atoms with Gasteiger partial charge in [0.05, 0.1) is 20.2 Å². The summed E-state index contributed by atoms with van der Waals surface area (Å²) >= 11 is 0. The fourth-order valence-electron chi connectivity index (χ4n) is 3.24. The number of urea groups is 1. The molecule has 160 valence electrons. The summed E-state index contributed by atoms with van der Waals surface area (Å²) in [5.41, 5.74) is 0. The summed E-state index contributed by atoms with van der Waals surface area (Å²) in [5, 5.41) is 13.6. The van der Waals surface area contributed by atoms with Crippen LogP contribution in [-0.4, -0.2) is 96.3 Å². The predicted molar refractivity (Wildman–Crippen MR) is 110 cm³/mol. The van der Waals surface area contributed by atoms with E-state index in [1.165, 1.54) is 11.9 Å². The van der Waals surface area contributed by atoms with Crippen LogP contribution in [0.1, 0.15) is 0 Å². The molecule has 1 aromatic carbocycles. The van der Waals surface area contributed by atoms with Gasteiger partial charge < -0.3 is 14.6 Å². The summed E-state index contributed by atoms with van der Waals surface area (Å²) in [6.07, 6.45) is 0.738. The highest BCUT2D eigenvalue weighted by Gasteiger charge is 2.51. The summed E-state index contributed by atoms with van der Waals surface area (Å²) in [6.45, 7) is 4.17. The van der Waals surface area contributed by atoms with Crippen LogP contribution in [0.5, 0.6) is 11.5 Å². The van der Waals surface area contributed by atoms with Crippen molar-refractivity contribution in [3.63, 3.8) is 0 Å². The van der Waals surface area contributed by atoms with Gasteiger partial charge in [-0.1, -0.05) is 17.6 Å². The summed E-state index contributed by atoms with van der Waals surface area (Å²) < 4.78 is 12.4. The van der Waals surface area contributed by atoms with Crippen molar-refractivity contribution in [1.29, 1.82) is 0 Å². The lowest BCUT2D eigenvalue weighted by molar-refractivity contribution is -0.545. The van der Waals surface area contributed by atoms with Crippen LogP contribution in [0, 0.1) is 0 Å². The maximum atomic E-state index is 12.8. The van der Waals surface area contributed by atoms with Crippen LogP contribution in [0.15, 0.2) is 41.9 Å². The number of methoxy groups -OCH3 is 1. The lowest BCUT2D eigenvalue weighted by atomic mass is 10.1. The molecule has 0 aromatic heterocycles. The summed E-state index contributed by atoms with van der Waals surface area (Å²) in [7, 11) is 4.57. The van der Waals surface area contributed by atoms with Gasteiger partial charge in [-0.15, -0.1) is 0 Å². The largest absolute Gasteiger partial charge is 0.497 e. The number of amidine groups is 1. The molecule has 30 heavy (non-hydrogen) atoms. The SMILES string of the molecule is C=CCNC1=[N+](CC(O)COc2ccc(OC)cc2)C2C(=O)N(C)C(=O)N(C)C2=N1. The van der Waals surface area contributed by atoms with Gasteiger partial charge in [-0.25, -0.2) is 9.37 Å². The predicted octanol–water partition coefficient (Wildman–Crippen LogP) is -0.116. The average molecular weight is 416 g/mol. The number of aliphatic imine (C=N–C) groups is 1. The summed E-state index contributed by atoms with van der Waals surface area (Å²) in [6, 6.07) is 5.75. The Kier molecular flexibility index (Phi) is 6.36. The second-order valence-electron chi connectivity index (χ2n) is 6.90. The molecule has 3 amide bonds. The minimum Gasteiger partial charge on any atom is -0.497 e. The number of imide groups is 1. The quantitative estimate of drug-likeness (QED) is 0.452. The van der Waals surface area contributed by atoms with E-state index < -0.39 is 24.1 Å². The van der Waals surface area contributed by atoms with E-state index in [4.69, 9.17) is 9.47 Å². The first-order valence-corrected chi connectivity index (χ1v) is 9.44. The van der Waals surface area contributed by atoms with E-state index in [1.54, 1.807) is 49.1 Å². The van der Waals surface area contributed by atoms with Crippen LogP contribution in [0.25, 0.3) is 0 Å². The van der Waals surface area contributed by atoms with E-state index >= 15 is 0 Å². The maximum absolute atomic E-state index is 12.8. The first-order chi connectivity index (χ1) is 14.4. The molecule has 1 fully saturated rings. The molecule has 10 nitrogen and oxygen atoms in total. The molecule has 3 rings (SSSR count). The fraction of sp³-hybridized carbons (Fsp3) is 0.400. The number of benzene rings is 1. The zero-order valence-corrected chi connectivity index (χ0v) is 17.2. The van der Waals surface area contributed by atoms with Gasteiger partial charge in [0, 0.05) is 14.1 Å². The third-order valence-electron chi connectivity index (χ3n) is 4.84. The lowest BCUT2D eigenvalue weighted by Gasteiger charge is -2.32. The molecule has 0 saturated carbocycles. The topological polar surface area (TPSA) is 107 Å². The number of likely N-dealkylation sites (N-methyl/N-ethyl adjacent to an activating group) is 2. The standard InChI is InChI=1S/C20H25N5O5/c1-5-10-21-19-22-17-16(18(27)24(3)20(28)23(17)2)25(19)11-13(26)12-30-15-8-6-14(29-4)7-9-15/h5-9,13,16,26H,1,10-12H2,2-4H3/p+1. The summed E-state index contributed by atoms with van der Waals surface area (Å²) in [5.74, 6) is 1.59. The van der Waals surface area contributed by atoms with Crippen LogP contribution in [-0.2, 0) is 4.79 Å². The molecule has 10 heteroatoms. The van der Waals surface area contributed by atoms with Crippen molar-refractivity contribution in [3.05, 3.63) is 36.9 Å². The third-order valence-corrected chi connectivity index (χ3v) is 4.84. The van der Waals surface area contributed by atoms with Crippen molar-refractivity contribution >= 4 is 23.7 Å². The smallest absolute Gasteiger partial charge is 0.390 e. The number of guanidine groups is 1. The van der Waals surface area contributed by atoms with E-state index in [9.17, 15) is 14.7 Å². The van der Waals surface area contributed by atoms with Crippen molar-refractivity contribution in [1.82, 2.24) is 15.1 Å². The molecule has 1 saturated heterocycles. The van der Waals surface area contributed by atoms with Crippen molar-refractivity contribution in [2.75, 3.05) is 40.9 Å². The number of aliphatic hydroxyl groups is 1. The number of fused-ring (bicyclic) bond motifs is 1. The Morgan fingerprint density at radius 2 is 1.93 bits per heavy atom. The first-order valence-electron chi connectivity index (χ1n) is 9.44. The van der Waals surface area contributed by atoms with Crippen LogP contribution >= 0.6 is 0 Å². The number of carbonyl (C=O) groups is 2. The van der Waals surface area contributed by atoms with Crippen LogP contribution in [0.3, 0.4) is 0 Å². The Bertz CT molecular complexity index is 895. The molecule has 2 aliphatic rings. The van der Waals surface area contributed by atoms with E-state index in [2.05, 4.69) is 16.9 Å². The minimum atomic E-state index is -0.914. The van der Waals surface area contributed by atoms with Gasteiger partial charge in [0.15, 0.2) is 0 Å². The maximum Gasteiger partial charge on any atom is 0.390 e. The Balaban J connectivity index is 1.74. The average Bonchev–Trinajstić information content (AvgIpc) is 3.11. The fourth-order valence-corrected chi connectivity index (χ4v) is 3.24. The van der Waals surface area contributed by atoms with Gasteiger partial charge in [-0.3, -0.25) is 19.9 Å². The van der Waals surface area contributed by atoms with Gasteiger partial charge in [0.1, 0.15) is 24.2 Å². The van der Waals surface area contributed by atoms with Gasteiger partial charge in [-0.05, 0) is 24.3 Å². The van der Waals surface area contributed by atoms with Crippen LogP contribution < -0.4 is 14.8 Å². The first kappa shape index (κ1) is 21.3. The van der Waals surface area contributed by atoms with Crippen molar-refractivity contribution in [2.45, 2.75) is 12.1 Å². The number of hydrogen-bond acceptors (Lipinski definition) is 7. The molecule has 2 heterocycles. The highest BCUT2D eigenvalue weighted by Crippen LogP contribution is 2.20. The van der Waals surface area contributed by atoms with Crippen LogP contribution in [0.4, 0.5) is 4.79 Å². The van der Waals surface area contributed by atoms with Gasteiger partial charge >= 0.3 is 12.0 Å². The highest BCUT2D eigenvalue weighted by atomic mass is 16.5. The van der Waals surface area contributed by atoms with Gasteiger partial charge in [-0.2, -0.15) is 0 Å². The Morgan fingerprint density at radius 1 is 1.27 bits per heavy atom. The Hall–Kier alpha value is -3.40. The molecular formula is C20H26N5O5+. The van der Waals surface area contributed by atoms with E-state index in [0.717, 1.165) is 4.90 Å². The Morgan fingerprint density at radius 3 is 2.57 bits per heavy atom. The number of nitrogens with one attached hydrogen (secondary N) is 1. The van der Waals surface area contributed by atoms with Crippen LogP contribution in [0.2, 0.25) is 0 Å². The molecule has 2 atom stereocenters.